The first-order valence-corrected chi connectivity index (χ1v) is 7.65. The molecule has 0 spiro atoms. The van der Waals surface area contributed by atoms with Crippen molar-refractivity contribution in [3.05, 3.63) is 59.2 Å². The second-order valence-electron chi connectivity index (χ2n) is 6.20. The van der Waals surface area contributed by atoms with Crippen LogP contribution in [-0.4, -0.2) is 11.7 Å². The van der Waals surface area contributed by atoms with Crippen LogP contribution < -0.4 is 11.1 Å². The van der Waals surface area contributed by atoms with E-state index in [1.54, 1.807) is 6.07 Å². The largest absolute Gasteiger partial charge is 0.508 e. The molecule has 2 aliphatic rings. The zero-order chi connectivity index (χ0) is 14.4. The highest BCUT2D eigenvalue weighted by atomic mass is 16.3. The highest BCUT2D eigenvalue weighted by Gasteiger charge is 2.42. The predicted molar refractivity (Wildman–Crippen MR) is 84.3 cm³/mol. The fraction of sp³-hybridized carbons (Fsp3) is 0.333. The van der Waals surface area contributed by atoms with Gasteiger partial charge in [-0.15, -0.1) is 0 Å². The van der Waals surface area contributed by atoms with Gasteiger partial charge >= 0.3 is 0 Å². The second-order valence-corrected chi connectivity index (χ2v) is 6.20. The minimum atomic E-state index is 0.352. The van der Waals surface area contributed by atoms with Gasteiger partial charge in [-0.25, -0.2) is 0 Å². The molecule has 1 saturated heterocycles. The number of aromatic hydroxyl groups is 1. The Hall–Kier alpha value is -2.00. The first-order valence-electron chi connectivity index (χ1n) is 7.65. The lowest BCUT2D eigenvalue weighted by molar-refractivity contribution is 0.287. The summed E-state index contributed by atoms with van der Waals surface area (Å²) < 4.78 is 0. The highest BCUT2D eigenvalue weighted by Crippen LogP contribution is 2.52. The summed E-state index contributed by atoms with van der Waals surface area (Å²) in [5.74, 6) is 1.28. The van der Waals surface area contributed by atoms with E-state index in [1.165, 1.54) is 29.5 Å². The molecule has 4 N–H and O–H groups in total. The third-order valence-electron chi connectivity index (χ3n) is 4.97. The third-order valence-corrected chi connectivity index (χ3v) is 4.97. The molecular formula is C18H20N2O. The number of piperidine rings is 1. The Labute approximate surface area is 124 Å². The number of nitrogen functional groups attached to an aromatic ring is 1. The minimum Gasteiger partial charge on any atom is -0.508 e. The molecule has 0 aromatic heterocycles. The fourth-order valence-corrected chi connectivity index (χ4v) is 4.09. The van der Waals surface area contributed by atoms with Crippen LogP contribution >= 0.6 is 0 Å². The molecule has 1 heterocycles. The Morgan fingerprint density at radius 3 is 2.67 bits per heavy atom. The van der Waals surface area contributed by atoms with E-state index in [0.717, 1.165) is 12.2 Å². The molecular weight excluding hydrogens is 260 g/mol. The SMILES string of the molecule is Nc1ccc([C@H]2c3cc(O)ccc3[C@H]3NCCC[C@@H]23)cc1. The van der Waals surface area contributed by atoms with Gasteiger partial charge in [0.15, 0.2) is 0 Å². The van der Waals surface area contributed by atoms with Crippen LogP contribution in [0.25, 0.3) is 0 Å². The van der Waals surface area contributed by atoms with Gasteiger partial charge in [-0.05, 0) is 66.3 Å². The van der Waals surface area contributed by atoms with E-state index in [4.69, 9.17) is 5.73 Å². The van der Waals surface area contributed by atoms with Gasteiger partial charge in [-0.1, -0.05) is 18.2 Å². The fourth-order valence-electron chi connectivity index (χ4n) is 4.09. The van der Waals surface area contributed by atoms with Crippen LogP contribution in [0, 0.1) is 5.92 Å². The van der Waals surface area contributed by atoms with E-state index >= 15 is 0 Å². The molecule has 3 heteroatoms. The standard InChI is InChI=1S/C18H20N2O/c19-12-5-3-11(4-6-12)17-15-2-1-9-20-18(15)14-8-7-13(21)10-16(14)17/h3-8,10,15,17-18,20-21H,1-2,9,19H2/t15-,17+,18+/m0/s1. The van der Waals surface area contributed by atoms with Gasteiger partial charge in [0.05, 0.1) is 0 Å². The topological polar surface area (TPSA) is 58.3 Å². The summed E-state index contributed by atoms with van der Waals surface area (Å²) >= 11 is 0. The monoisotopic (exact) mass is 280 g/mol. The van der Waals surface area contributed by atoms with Crippen molar-refractivity contribution >= 4 is 5.69 Å². The first kappa shape index (κ1) is 12.7. The maximum atomic E-state index is 9.90. The maximum Gasteiger partial charge on any atom is 0.115 e. The Bertz CT molecular complexity index is 665. The predicted octanol–water partition coefficient (Wildman–Crippen LogP) is 3.16. The molecule has 21 heavy (non-hydrogen) atoms. The van der Waals surface area contributed by atoms with Crippen LogP contribution in [0.2, 0.25) is 0 Å². The average molecular weight is 280 g/mol. The van der Waals surface area contributed by atoms with Crippen molar-refractivity contribution in [1.82, 2.24) is 5.32 Å². The van der Waals surface area contributed by atoms with Crippen molar-refractivity contribution in [2.45, 2.75) is 24.8 Å². The number of nitrogens with one attached hydrogen (secondary N) is 1. The van der Waals surface area contributed by atoms with Crippen LogP contribution in [-0.2, 0) is 0 Å². The van der Waals surface area contributed by atoms with E-state index in [0.29, 0.717) is 23.6 Å². The molecule has 3 nitrogen and oxygen atoms in total. The summed E-state index contributed by atoms with van der Waals surface area (Å²) in [7, 11) is 0. The molecule has 2 aromatic carbocycles. The van der Waals surface area contributed by atoms with Crippen LogP contribution in [0.15, 0.2) is 42.5 Å². The number of anilines is 1. The van der Waals surface area contributed by atoms with E-state index in [2.05, 4.69) is 23.5 Å². The summed E-state index contributed by atoms with van der Waals surface area (Å²) in [4.78, 5) is 0. The van der Waals surface area contributed by atoms with Gasteiger partial charge in [-0.3, -0.25) is 0 Å². The Kier molecular flexibility index (Phi) is 2.89. The number of phenolic OH excluding ortho intramolecular Hbond substituents is 1. The molecule has 0 unspecified atom stereocenters. The molecule has 0 amide bonds. The van der Waals surface area contributed by atoms with Crippen molar-refractivity contribution in [3.8, 4) is 5.75 Å². The Balaban J connectivity index is 1.85. The summed E-state index contributed by atoms with van der Waals surface area (Å²) in [5.41, 5.74) is 10.5. The van der Waals surface area contributed by atoms with Crippen LogP contribution in [0.5, 0.6) is 5.75 Å². The maximum absolute atomic E-state index is 9.90. The summed E-state index contributed by atoms with van der Waals surface area (Å²) in [5, 5.41) is 13.6. The summed E-state index contributed by atoms with van der Waals surface area (Å²) in [6.45, 7) is 1.08. The Morgan fingerprint density at radius 1 is 1.05 bits per heavy atom. The average Bonchev–Trinajstić information content (AvgIpc) is 2.82. The highest BCUT2D eigenvalue weighted by molar-refractivity contribution is 5.51. The lowest BCUT2D eigenvalue weighted by Crippen LogP contribution is -2.32. The van der Waals surface area contributed by atoms with Gasteiger partial charge in [0, 0.05) is 17.6 Å². The number of phenols is 1. The van der Waals surface area contributed by atoms with Gasteiger partial charge in [0.1, 0.15) is 5.75 Å². The van der Waals surface area contributed by atoms with Crippen molar-refractivity contribution in [2.75, 3.05) is 12.3 Å². The van der Waals surface area contributed by atoms with Crippen molar-refractivity contribution in [3.63, 3.8) is 0 Å². The van der Waals surface area contributed by atoms with E-state index in [9.17, 15) is 5.11 Å². The van der Waals surface area contributed by atoms with Crippen LogP contribution in [0.1, 0.15) is 41.5 Å². The van der Waals surface area contributed by atoms with Crippen molar-refractivity contribution < 1.29 is 5.11 Å². The molecule has 0 bridgehead atoms. The van der Waals surface area contributed by atoms with Gasteiger partial charge in [-0.2, -0.15) is 0 Å². The van der Waals surface area contributed by atoms with Crippen LogP contribution in [0.4, 0.5) is 5.69 Å². The lowest BCUT2D eigenvalue weighted by Gasteiger charge is -2.31. The zero-order valence-corrected chi connectivity index (χ0v) is 11.9. The van der Waals surface area contributed by atoms with E-state index in [-0.39, 0.29) is 0 Å². The Morgan fingerprint density at radius 2 is 1.86 bits per heavy atom. The number of nitrogens with two attached hydrogens (primary N) is 1. The van der Waals surface area contributed by atoms with Gasteiger partial charge in [0.25, 0.3) is 0 Å². The van der Waals surface area contributed by atoms with Gasteiger partial charge in [0.2, 0.25) is 0 Å². The van der Waals surface area contributed by atoms with E-state index < -0.39 is 0 Å². The van der Waals surface area contributed by atoms with Crippen LogP contribution in [0.3, 0.4) is 0 Å². The van der Waals surface area contributed by atoms with E-state index in [1.807, 2.05) is 18.2 Å². The number of benzene rings is 2. The van der Waals surface area contributed by atoms with Gasteiger partial charge < -0.3 is 16.2 Å². The van der Waals surface area contributed by atoms with Crippen molar-refractivity contribution in [2.24, 2.45) is 5.92 Å². The molecule has 1 aliphatic carbocycles. The summed E-state index contributed by atoms with van der Waals surface area (Å²) in [6.07, 6.45) is 2.44. The summed E-state index contributed by atoms with van der Waals surface area (Å²) in [6, 6.07) is 14.4. The molecule has 0 radical (unpaired) electrons. The number of hydrogen-bond acceptors (Lipinski definition) is 3. The smallest absolute Gasteiger partial charge is 0.115 e. The lowest BCUT2D eigenvalue weighted by atomic mass is 9.80. The normalized spacial score (nSPS) is 27.1. The molecule has 4 rings (SSSR count). The molecule has 0 saturated carbocycles. The zero-order valence-electron chi connectivity index (χ0n) is 11.9. The second kappa shape index (κ2) is 4.78. The molecule has 1 fully saturated rings. The minimum absolute atomic E-state index is 0.352. The number of fused-ring (bicyclic) bond motifs is 3. The molecule has 3 atom stereocenters. The molecule has 1 aliphatic heterocycles. The number of hydrogen-bond donors (Lipinski definition) is 3. The first-order chi connectivity index (χ1) is 10.2. The third kappa shape index (κ3) is 2.00. The van der Waals surface area contributed by atoms with Crippen molar-refractivity contribution in [1.29, 1.82) is 0 Å². The molecule has 2 aromatic rings. The number of rotatable bonds is 1. The quantitative estimate of drug-likeness (QED) is 0.703. The molecule has 108 valence electrons.